The Bertz CT molecular complexity index is 1170. The SMILES string of the molecule is C=C(CSc1cc(C(=O)Nc2cc(F)c(F)c(F)c2)ccc1Cl)CC(C)COCc1cccnc1. The first-order valence-corrected chi connectivity index (χ1v) is 12.1. The van der Waals surface area contributed by atoms with Gasteiger partial charge >= 0.3 is 0 Å². The number of carbonyl (C=O) groups is 1. The van der Waals surface area contributed by atoms with E-state index < -0.39 is 23.4 Å². The predicted octanol–water partition coefficient (Wildman–Crippen LogP) is 7.30. The van der Waals surface area contributed by atoms with Crippen LogP contribution in [-0.2, 0) is 11.3 Å². The van der Waals surface area contributed by atoms with Crippen molar-refractivity contribution in [2.75, 3.05) is 17.7 Å². The fourth-order valence-electron chi connectivity index (χ4n) is 3.24. The normalized spacial score (nSPS) is 11.8. The lowest BCUT2D eigenvalue weighted by Gasteiger charge is -2.14. The summed E-state index contributed by atoms with van der Waals surface area (Å²) in [5.74, 6) is -4.11. The van der Waals surface area contributed by atoms with Crippen molar-refractivity contribution in [3.8, 4) is 0 Å². The molecule has 1 atom stereocenters. The van der Waals surface area contributed by atoms with E-state index in [-0.39, 0.29) is 17.2 Å². The molecule has 184 valence electrons. The number of halogens is 4. The second kappa shape index (κ2) is 12.8. The number of thioether (sulfide) groups is 1. The van der Waals surface area contributed by atoms with Crippen LogP contribution in [0, 0.1) is 23.4 Å². The minimum Gasteiger partial charge on any atom is -0.376 e. The number of rotatable bonds is 11. The Hall–Kier alpha value is -2.81. The van der Waals surface area contributed by atoms with Gasteiger partial charge in [-0.2, -0.15) is 0 Å². The summed E-state index contributed by atoms with van der Waals surface area (Å²) in [5, 5.41) is 2.83. The molecule has 2 aromatic carbocycles. The number of hydrogen-bond donors (Lipinski definition) is 1. The third-order valence-electron chi connectivity index (χ3n) is 4.90. The van der Waals surface area contributed by atoms with Gasteiger partial charge in [-0.05, 0) is 42.2 Å². The molecule has 0 bridgehead atoms. The fraction of sp³-hybridized carbons (Fsp3) is 0.231. The molecule has 0 saturated heterocycles. The molecule has 0 aliphatic heterocycles. The van der Waals surface area contributed by atoms with E-state index in [1.165, 1.54) is 17.8 Å². The van der Waals surface area contributed by atoms with Gasteiger partial charge in [-0.15, -0.1) is 11.8 Å². The summed E-state index contributed by atoms with van der Waals surface area (Å²) >= 11 is 7.72. The fourth-order valence-corrected chi connectivity index (χ4v) is 4.41. The van der Waals surface area contributed by atoms with E-state index in [9.17, 15) is 18.0 Å². The summed E-state index contributed by atoms with van der Waals surface area (Å²) in [5.41, 5.74) is 2.06. The summed E-state index contributed by atoms with van der Waals surface area (Å²) in [6.07, 6.45) is 4.25. The molecule has 1 heterocycles. The zero-order valence-corrected chi connectivity index (χ0v) is 20.6. The van der Waals surface area contributed by atoms with E-state index in [0.29, 0.717) is 41.0 Å². The van der Waals surface area contributed by atoms with Crippen LogP contribution < -0.4 is 5.32 Å². The smallest absolute Gasteiger partial charge is 0.255 e. The van der Waals surface area contributed by atoms with Gasteiger partial charge in [-0.3, -0.25) is 9.78 Å². The zero-order chi connectivity index (χ0) is 25.4. The molecule has 1 amide bonds. The number of amides is 1. The first-order chi connectivity index (χ1) is 16.7. The summed E-state index contributed by atoms with van der Waals surface area (Å²) < 4.78 is 45.7. The number of anilines is 1. The third kappa shape index (κ3) is 8.13. The standard InChI is InChI=1S/C26H24ClF3N2O2S/c1-16(13-34-14-18-4-3-7-31-12-18)8-17(2)15-35-24-9-19(5-6-21(24)27)26(33)32-20-10-22(28)25(30)23(29)11-20/h3-7,9-12,16H,2,8,13-15H2,1H3,(H,32,33). The van der Waals surface area contributed by atoms with E-state index in [4.69, 9.17) is 16.3 Å². The predicted molar refractivity (Wildman–Crippen MR) is 133 cm³/mol. The van der Waals surface area contributed by atoms with Crippen LogP contribution >= 0.6 is 23.4 Å². The van der Waals surface area contributed by atoms with Gasteiger partial charge in [0.25, 0.3) is 5.91 Å². The molecule has 1 unspecified atom stereocenters. The molecular formula is C26H24ClF3N2O2S. The second-order valence-corrected chi connectivity index (χ2v) is 9.50. The number of nitrogens with zero attached hydrogens (tertiary/aromatic N) is 1. The maximum atomic E-state index is 13.4. The Balaban J connectivity index is 1.51. The number of hydrogen-bond acceptors (Lipinski definition) is 4. The van der Waals surface area contributed by atoms with Crippen molar-refractivity contribution >= 4 is 35.0 Å². The van der Waals surface area contributed by atoms with Crippen LogP contribution in [0.15, 0.2) is 71.9 Å². The number of aromatic nitrogens is 1. The molecule has 0 fully saturated rings. The average Bonchev–Trinajstić information content (AvgIpc) is 2.82. The van der Waals surface area contributed by atoms with Crippen LogP contribution in [0.25, 0.3) is 0 Å². The molecule has 0 saturated carbocycles. The molecule has 1 aromatic heterocycles. The van der Waals surface area contributed by atoms with Crippen molar-refractivity contribution in [1.82, 2.24) is 4.98 Å². The van der Waals surface area contributed by atoms with Gasteiger partial charge in [-0.1, -0.05) is 36.7 Å². The highest BCUT2D eigenvalue weighted by Gasteiger charge is 2.15. The third-order valence-corrected chi connectivity index (χ3v) is 6.54. The minimum atomic E-state index is -1.59. The van der Waals surface area contributed by atoms with Crippen LogP contribution in [0.2, 0.25) is 5.02 Å². The van der Waals surface area contributed by atoms with E-state index in [0.717, 1.165) is 17.6 Å². The minimum absolute atomic E-state index is 0.191. The van der Waals surface area contributed by atoms with Gasteiger partial charge in [-0.25, -0.2) is 13.2 Å². The number of ether oxygens (including phenoxy) is 1. The Labute approximate surface area is 211 Å². The van der Waals surface area contributed by atoms with E-state index in [2.05, 4.69) is 23.8 Å². The van der Waals surface area contributed by atoms with Gasteiger partial charge in [0, 0.05) is 53.0 Å². The van der Waals surface area contributed by atoms with Crippen LogP contribution in [0.3, 0.4) is 0 Å². The lowest BCUT2D eigenvalue weighted by atomic mass is 10.0. The molecule has 0 radical (unpaired) electrons. The van der Waals surface area contributed by atoms with E-state index in [1.54, 1.807) is 24.5 Å². The van der Waals surface area contributed by atoms with Crippen molar-refractivity contribution in [2.24, 2.45) is 5.92 Å². The monoisotopic (exact) mass is 520 g/mol. The van der Waals surface area contributed by atoms with Crippen molar-refractivity contribution in [1.29, 1.82) is 0 Å². The highest BCUT2D eigenvalue weighted by Crippen LogP contribution is 2.31. The summed E-state index contributed by atoms with van der Waals surface area (Å²) in [6.45, 7) is 7.30. The first-order valence-electron chi connectivity index (χ1n) is 10.7. The van der Waals surface area contributed by atoms with Crippen LogP contribution in [-0.4, -0.2) is 23.3 Å². The van der Waals surface area contributed by atoms with Crippen molar-refractivity contribution in [3.05, 3.63) is 101 Å². The molecule has 0 aliphatic carbocycles. The molecular weight excluding hydrogens is 497 g/mol. The summed E-state index contributed by atoms with van der Waals surface area (Å²) in [7, 11) is 0. The topological polar surface area (TPSA) is 51.2 Å². The number of benzene rings is 2. The Morgan fingerprint density at radius 1 is 1.20 bits per heavy atom. The van der Waals surface area contributed by atoms with Gasteiger partial charge in [0.2, 0.25) is 0 Å². The largest absolute Gasteiger partial charge is 0.376 e. The lowest BCUT2D eigenvalue weighted by molar-refractivity contribution is 0.0920. The number of nitrogens with one attached hydrogen (secondary N) is 1. The molecule has 3 rings (SSSR count). The zero-order valence-electron chi connectivity index (χ0n) is 19.0. The molecule has 0 spiro atoms. The van der Waals surface area contributed by atoms with Crippen LogP contribution in [0.5, 0.6) is 0 Å². The average molecular weight is 521 g/mol. The molecule has 4 nitrogen and oxygen atoms in total. The van der Waals surface area contributed by atoms with Crippen molar-refractivity contribution < 1.29 is 22.7 Å². The maximum Gasteiger partial charge on any atom is 0.255 e. The molecule has 0 aliphatic rings. The number of pyridine rings is 1. The molecule has 9 heteroatoms. The molecule has 3 aromatic rings. The Morgan fingerprint density at radius 2 is 1.94 bits per heavy atom. The molecule has 35 heavy (non-hydrogen) atoms. The maximum absolute atomic E-state index is 13.4. The number of carbonyl (C=O) groups excluding carboxylic acids is 1. The van der Waals surface area contributed by atoms with Gasteiger partial charge in [0.05, 0.1) is 11.6 Å². The van der Waals surface area contributed by atoms with Crippen LogP contribution in [0.1, 0.15) is 29.3 Å². The Kier molecular flexibility index (Phi) is 9.77. The molecule has 1 N–H and O–H groups in total. The van der Waals surface area contributed by atoms with Gasteiger partial charge in [0.15, 0.2) is 17.5 Å². The lowest BCUT2D eigenvalue weighted by Crippen LogP contribution is -2.13. The highest BCUT2D eigenvalue weighted by molar-refractivity contribution is 7.99. The van der Waals surface area contributed by atoms with Gasteiger partial charge < -0.3 is 10.1 Å². The second-order valence-electron chi connectivity index (χ2n) is 8.08. The highest BCUT2D eigenvalue weighted by atomic mass is 35.5. The van der Waals surface area contributed by atoms with Gasteiger partial charge in [0.1, 0.15) is 0 Å². The Morgan fingerprint density at radius 3 is 2.63 bits per heavy atom. The summed E-state index contributed by atoms with van der Waals surface area (Å²) in [6, 6.07) is 9.92. The summed E-state index contributed by atoms with van der Waals surface area (Å²) in [4.78, 5) is 17.3. The van der Waals surface area contributed by atoms with E-state index >= 15 is 0 Å². The van der Waals surface area contributed by atoms with E-state index in [1.807, 2.05) is 12.1 Å². The van der Waals surface area contributed by atoms with Crippen molar-refractivity contribution in [2.45, 2.75) is 24.8 Å². The quantitative estimate of drug-likeness (QED) is 0.164. The first kappa shape index (κ1) is 26.8. The van der Waals surface area contributed by atoms with Crippen LogP contribution in [0.4, 0.5) is 18.9 Å². The van der Waals surface area contributed by atoms with Crippen molar-refractivity contribution in [3.63, 3.8) is 0 Å².